The lowest BCUT2D eigenvalue weighted by Crippen LogP contribution is -2.56. The standard InChI is InChI=1S/C37H35N5O4S/c1-2-46-37(45)29-15-9-17-38-35(29)47-23-32(40-34(43)31-22-24-10-3-8-16-30(24)39-31)36(44)42-20-18-41(19-21-42)33-27-13-6-4-11-25(27)26-12-5-7-14-28(26)33/h3-17,22,32-33,39H,2,18-21,23H2,1H3,(H,40,43). The Hall–Kier alpha value is -4.93. The number of thioether (sulfide) groups is 1. The minimum Gasteiger partial charge on any atom is -0.462 e. The molecule has 2 amide bonds. The van der Waals surface area contributed by atoms with Crippen molar-refractivity contribution < 1.29 is 19.1 Å². The van der Waals surface area contributed by atoms with E-state index in [1.807, 2.05) is 29.2 Å². The monoisotopic (exact) mass is 645 g/mol. The molecule has 0 saturated carbocycles. The van der Waals surface area contributed by atoms with Crippen molar-refractivity contribution in [1.82, 2.24) is 25.1 Å². The fourth-order valence-corrected chi connectivity index (χ4v) is 7.57. The van der Waals surface area contributed by atoms with E-state index < -0.39 is 12.0 Å². The van der Waals surface area contributed by atoms with Crippen LogP contribution in [0.4, 0.5) is 0 Å². The minimum atomic E-state index is -0.851. The summed E-state index contributed by atoms with van der Waals surface area (Å²) < 4.78 is 5.22. The number of fused-ring (bicyclic) bond motifs is 4. The Bertz CT molecular complexity index is 1870. The van der Waals surface area contributed by atoms with E-state index in [-0.39, 0.29) is 30.2 Å². The summed E-state index contributed by atoms with van der Waals surface area (Å²) in [6.07, 6.45) is 1.60. The zero-order chi connectivity index (χ0) is 32.3. The van der Waals surface area contributed by atoms with Crippen molar-refractivity contribution in [2.24, 2.45) is 0 Å². The Labute approximate surface area is 277 Å². The summed E-state index contributed by atoms with van der Waals surface area (Å²) in [6.45, 7) is 4.44. The van der Waals surface area contributed by atoms with Gasteiger partial charge in [-0.1, -0.05) is 66.7 Å². The minimum absolute atomic E-state index is 0.137. The Morgan fingerprint density at radius 1 is 0.915 bits per heavy atom. The smallest absolute Gasteiger partial charge is 0.340 e. The first kappa shape index (κ1) is 30.7. The zero-order valence-corrected chi connectivity index (χ0v) is 26.8. The number of benzene rings is 3. The Morgan fingerprint density at radius 2 is 1.60 bits per heavy atom. The fraction of sp³-hybridized carbons (Fsp3) is 0.243. The maximum atomic E-state index is 14.2. The molecular weight excluding hydrogens is 611 g/mol. The molecule has 1 atom stereocenters. The summed E-state index contributed by atoms with van der Waals surface area (Å²) in [4.78, 5) is 52.1. The molecule has 1 saturated heterocycles. The second-order valence-corrected chi connectivity index (χ2v) is 12.6. The highest BCUT2D eigenvalue weighted by Crippen LogP contribution is 2.46. The predicted octanol–water partition coefficient (Wildman–Crippen LogP) is 5.54. The molecule has 47 heavy (non-hydrogen) atoms. The maximum Gasteiger partial charge on any atom is 0.340 e. The van der Waals surface area contributed by atoms with Gasteiger partial charge in [-0.05, 0) is 53.4 Å². The lowest BCUT2D eigenvalue weighted by Gasteiger charge is -2.39. The van der Waals surface area contributed by atoms with Crippen molar-refractivity contribution in [3.63, 3.8) is 0 Å². The summed E-state index contributed by atoms with van der Waals surface area (Å²) in [6, 6.07) is 29.2. The number of para-hydroxylation sites is 1. The summed E-state index contributed by atoms with van der Waals surface area (Å²) in [5.74, 6) is -0.816. The molecular formula is C37H35N5O4S. The van der Waals surface area contributed by atoms with Crippen LogP contribution in [0, 0.1) is 0 Å². The molecule has 9 nitrogen and oxygen atoms in total. The number of hydrogen-bond donors (Lipinski definition) is 2. The van der Waals surface area contributed by atoms with Crippen LogP contribution in [0.15, 0.2) is 102 Å². The molecule has 5 aromatic rings. The lowest BCUT2D eigenvalue weighted by molar-refractivity contribution is -0.134. The highest BCUT2D eigenvalue weighted by atomic mass is 32.2. The number of rotatable bonds is 9. The van der Waals surface area contributed by atoms with Crippen LogP contribution in [0.5, 0.6) is 0 Å². The molecule has 1 unspecified atom stereocenters. The van der Waals surface area contributed by atoms with Crippen molar-refractivity contribution in [3.05, 3.63) is 120 Å². The van der Waals surface area contributed by atoms with Crippen molar-refractivity contribution >= 4 is 40.4 Å². The van der Waals surface area contributed by atoms with Crippen LogP contribution in [0.3, 0.4) is 0 Å². The first-order valence-corrected chi connectivity index (χ1v) is 16.8. The number of ether oxygens (including phenoxy) is 1. The number of carbonyl (C=O) groups is 3. The van der Waals surface area contributed by atoms with Crippen LogP contribution in [0.1, 0.15) is 44.9 Å². The average Bonchev–Trinajstić information content (AvgIpc) is 3.70. The van der Waals surface area contributed by atoms with E-state index in [1.54, 1.807) is 31.3 Å². The third kappa shape index (κ3) is 6.14. The number of nitrogens with one attached hydrogen (secondary N) is 2. The lowest BCUT2D eigenvalue weighted by atomic mass is 10.0. The van der Waals surface area contributed by atoms with Crippen molar-refractivity contribution in [1.29, 1.82) is 0 Å². The summed E-state index contributed by atoms with van der Waals surface area (Å²) in [5, 5.41) is 4.35. The number of amides is 2. The number of piperazine rings is 1. The van der Waals surface area contributed by atoms with Crippen LogP contribution < -0.4 is 5.32 Å². The molecule has 2 N–H and O–H groups in total. The molecule has 0 spiro atoms. The van der Waals surface area contributed by atoms with Gasteiger partial charge >= 0.3 is 5.97 Å². The number of pyridine rings is 1. The molecule has 2 aromatic heterocycles. The van der Waals surface area contributed by atoms with Gasteiger partial charge in [0.1, 0.15) is 16.8 Å². The van der Waals surface area contributed by atoms with Crippen molar-refractivity contribution in [2.75, 3.05) is 38.5 Å². The van der Waals surface area contributed by atoms with E-state index >= 15 is 0 Å². The van der Waals surface area contributed by atoms with Gasteiger partial charge in [-0.25, -0.2) is 9.78 Å². The number of esters is 1. The molecule has 1 aliphatic heterocycles. The number of hydrogen-bond acceptors (Lipinski definition) is 7. The maximum absolute atomic E-state index is 14.2. The van der Waals surface area contributed by atoms with E-state index in [9.17, 15) is 14.4 Å². The van der Waals surface area contributed by atoms with E-state index in [4.69, 9.17) is 4.74 Å². The van der Waals surface area contributed by atoms with Crippen LogP contribution >= 0.6 is 11.8 Å². The van der Waals surface area contributed by atoms with Crippen LogP contribution in [0.25, 0.3) is 22.0 Å². The molecule has 0 bridgehead atoms. The van der Waals surface area contributed by atoms with Gasteiger partial charge in [0.05, 0.1) is 18.2 Å². The third-order valence-electron chi connectivity index (χ3n) is 8.82. The van der Waals surface area contributed by atoms with E-state index in [1.165, 1.54) is 34.0 Å². The predicted molar refractivity (Wildman–Crippen MR) is 182 cm³/mol. The van der Waals surface area contributed by atoms with Gasteiger partial charge in [-0.2, -0.15) is 0 Å². The quantitative estimate of drug-likeness (QED) is 0.160. The van der Waals surface area contributed by atoms with E-state index in [0.29, 0.717) is 42.5 Å². The highest BCUT2D eigenvalue weighted by Gasteiger charge is 2.36. The second-order valence-electron chi connectivity index (χ2n) is 11.6. The molecule has 7 rings (SSSR count). The largest absolute Gasteiger partial charge is 0.462 e. The molecule has 1 fully saturated rings. The first-order valence-electron chi connectivity index (χ1n) is 15.9. The van der Waals surface area contributed by atoms with Gasteiger partial charge in [0.15, 0.2) is 0 Å². The topological polar surface area (TPSA) is 108 Å². The molecule has 0 radical (unpaired) electrons. The van der Waals surface area contributed by atoms with Crippen molar-refractivity contribution in [3.8, 4) is 11.1 Å². The fourth-order valence-electron chi connectivity index (χ4n) is 6.58. The van der Waals surface area contributed by atoms with Gasteiger partial charge in [0.25, 0.3) is 5.91 Å². The van der Waals surface area contributed by atoms with Gasteiger partial charge in [-0.15, -0.1) is 11.8 Å². The second kappa shape index (κ2) is 13.4. The van der Waals surface area contributed by atoms with Gasteiger partial charge in [0.2, 0.25) is 5.91 Å². The Morgan fingerprint density at radius 3 is 2.30 bits per heavy atom. The number of aromatic nitrogens is 2. The van der Waals surface area contributed by atoms with E-state index in [2.05, 4.69) is 68.7 Å². The Kier molecular flexibility index (Phi) is 8.78. The average molecular weight is 646 g/mol. The first-order chi connectivity index (χ1) is 23.0. The van der Waals surface area contributed by atoms with Crippen LogP contribution in [-0.2, 0) is 9.53 Å². The zero-order valence-electron chi connectivity index (χ0n) is 26.0. The third-order valence-corrected chi connectivity index (χ3v) is 9.92. The summed E-state index contributed by atoms with van der Waals surface area (Å²) in [5.41, 5.74) is 6.66. The molecule has 1 aliphatic carbocycles. The summed E-state index contributed by atoms with van der Waals surface area (Å²) in [7, 11) is 0. The van der Waals surface area contributed by atoms with Crippen LogP contribution in [-0.4, -0.2) is 82.1 Å². The van der Waals surface area contributed by atoms with Gasteiger partial charge in [0, 0.05) is 49.0 Å². The molecule has 238 valence electrons. The van der Waals surface area contributed by atoms with Gasteiger partial charge in [-0.3, -0.25) is 14.5 Å². The highest BCUT2D eigenvalue weighted by molar-refractivity contribution is 7.99. The van der Waals surface area contributed by atoms with Crippen LogP contribution in [0.2, 0.25) is 0 Å². The normalized spacial score (nSPS) is 15.2. The molecule has 2 aliphatic rings. The molecule has 3 aromatic carbocycles. The SMILES string of the molecule is CCOC(=O)c1cccnc1SCC(NC(=O)c1cc2ccccc2[nH]1)C(=O)N1CCN(C2c3ccccc3-c3ccccc32)CC1. The number of H-pyrrole nitrogens is 1. The Balaban J connectivity index is 1.09. The number of carbonyl (C=O) groups excluding carboxylic acids is 3. The number of aromatic amines is 1. The van der Waals surface area contributed by atoms with Crippen molar-refractivity contribution in [2.45, 2.75) is 24.0 Å². The van der Waals surface area contributed by atoms with Gasteiger partial charge < -0.3 is 19.9 Å². The summed E-state index contributed by atoms with van der Waals surface area (Å²) >= 11 is 1.25. The molecule has 3 heterocycles. The molecule has 10 heteroatoms. The number of nitrogens with zero attached hydrogens (tertiary/aromatic N) is 3. The van der Waals surface area contributed by atoms with E-state index in [0.717, 1.165) is 10.9 Å².